The van der Waals surface area contributed by atoms with Crippen LogP contribution < -0.4 is 5.32 Å². The number of aryl methyl sites for hydroxylation is 1. The third-order valence-corrected chi connectivity index (χ3v) is 6.27. The van der Waals surface area contributed by atoms with E-state index in [1.807, 2.05) is 84.9 Å². The van der Waals surface area contributed by atoms with Crippen LogP contribution in [0.5, 0.6) is 0 Å². The van der Waals surface area contributed by atoms with Gasteiger partial charge in [-0.2, -0.15) is 0 Å². The van der Waals surface area contributed by atoms with Gasteiger partial charge >= 0.3 is 0 Å². The van der Waals surface area contributed by atoms with E-state index in [1.54, 1.807) is 11.8 Å². The Morgan fingerprint density at radius 2 is 1.29 bits per heavy atom. The molecule has 4 rings (SSSR count). The molecule has 4 aromatic carbocycles. The number of hydrogen-bond acceptors (Lipinski definition) is 2. The van der Waals surface area contributed by atoms with E-state index >= 15 is 0 Å². The zero-order valence-corrected chi connectivity index (χ0v) is 18.3. The zero-order chi connectivity index (χ0) is 21.5. The number of rotatable bonds is 7. The number of amides is 1. The summed E-state index contributed by atoms with van der Waals surface area (Å²) in [5.41, 5.74) is 5.26. The number of benzene rings is 4. The fraction of sp³-hybridized carbons (Fsp3) is 0.107. The van der Waals surface area contributed by atoms with Crippen molar-refractivity contribution >= 4 is 17.7 Å². The highest BCUT2D eigenvalue weighted by molar-refractivity contribution is 7.98. The van der Waals surface area contributed by atoms with Crippen molar-refractivity contribution in [2.75, 3.05) is 0 Å². The zero-order valence-electron chi connectivity index (χ0n) is 17.5. The Morgan fingerprint density at radius 1 is 0.742 bits per heavy atom. The van der Waals surface area contributed by atoms with Crippen molar-refractivity contribution in [1.82, 2.24) is 5.32 Å². The summed E-state index contributed by atoms with van der Waals surface area (Å²) in [6.07, 6.45) is 0. The Balaban J connectivity index is 1.44. The van der Waals surface area contributed by atoms with E-state index < -0.39 is 0 Å². The van der Waals surface area contributed by atoms with Gasteiger partial charge in [-0.1, -0.05) is 90.5 Å². The molecule has 0 bridgehead atoms. The summed E-state index contributed by atoms with van der Waals surface area (Å²) in [7, 11) is 0. The van der Waals surface area contributed by atoms with Crippen molar-refractivity contribution in [1.29, 1.82) is 0 Å². The second-order valence-corrected chi connectivity index (χ2v) is 8.58. The van der Waals surface area contributed by atoms with Crippen molar-refractivity contribution in [2.45, 2.75) is 23.6 Å². The van der Waals surface area contributed by atoms with Crippen LogP contribution in [0.2, 0.25) is 0 Å². The molecule has 1 N–H and O–H groups in total. The van der Waals surface area contributed by atoms with Crippen molar-refractivity contribution in [3.05, 3.63) is 137 Å². The molecular weight excluding hydrogens is 398 g/mol. The van der Waals surface area contributed by atoms with Crippen molar-refractivity contribution < 1.29 is 4.79 Å². The maximum absolute atomic E-state index is 13.0. The molecule has 0 saturated carbocycles. The lowest BCUT2D eigenvalue weighted by molar-refractivity contribution is 0.0943. The highest BCUT2D eigenvalue weighted by atomic mass is 32.2. The first-order valence-electron chi connectivity index (χ1n) is 10.4. The summed E-state index contributed by atoms with van der Waals surface area (Å²) in [6.45, 7) is 2.10. The quantitative estimate of drug-likeness (QED) is 0.331. The highest BCUT2D eigenvalue weighted by Crippen LogP contribution is 2.24. The molecule has 0 saturated heterocycles. The average Bonchev–Trinajstić information content (AvgIpc) is 2.83. The third-order valence-electron chi connectivity index (χ3n) is 5.18. The van der Waals surface area contributed by atoms with Crippen molar-refractivity contribution in [3.63, 3.8) is 0 Å². The minimum absolute atomic E-state index is 0.0737. The normalized spacial score (nSPS) is 10.8. The Kier molecular flexibility index (Phi) is 6.85. The van der Waals surface area contributed by atoms with E-state index in [4.69, 9.17) is 0 Å². The van der Waals surface area contributed by atoms with Crippen molar-refractivity contribution in [3.8, 4) is 0 Å². The van der Waals surface area contributed by atoms with E-state index in [0.717, 1.165) is 16.9 Å². The maximum Gasteiger partial charge on any atom is 0.252 e. The minimum atomic E-state index is -0.188. The lowest BCUT2D eigenvalue weighted by Crippen LogP contribution is -2.29. The topological polar surface area (TPSA) is 29.1 Å². The molecule has 0 aliphatic rings. The molecule has 0 atom stereocenters. The van der Waals surface area contributed by atoms with Gasteiger partial charge in [-0.25, -0.2) is 0 Å². The summed E-state index contributed by atoms with van der Waals surface area (Å²) < 4.78 is 0. The Morgan fingerprint density at radius 3 is 1.84 bits per heavy atom. The lowest BCUT2D eigenvalue weighted by atomic mass is 9.98. The minimum Gasteiger partial charge on any atom is -0.341 e. The van der Waals surface area contributed by atoms with Gasteiger partial charge in [0.25, 0.3) is 5.91 Å². The van der Waals surface area contributed by atoms with E-state index in [2.05, 4.69) is 36.5 Å². The first kappa shape index (κ1) is 21.0. The van der Waals surface area contributed by atoms with Crippen LogP contribution in [0.25, 0.3) is 0 Å². The van der Waals surface area contributed by atoms with Gasteiger partial charge in [-0.15, -0.1) is 11.8 Å². The Hall–Kier alpha value is -3.30. The Bertz CT molecular complexity index is 1070. The summed E-state index contributed by atoms with van der Waals surface area (Å²) in [5.74, 6) is 0.803. The standard InChI is InChI=1S/C28H25NOS/c1-21-12-18-26(19-13-21)31-20-22-14-16-25(17-15-22)28(30)29-27(23-8-4-2-5-9-23)24-10-6-3-7-11-24/h2-19,27H,20H2,1H3,(H,29,30). The fourth-order valence-corrected chi connectivity index (χ4v) is 4.27. The van der Waals surface area contributed by atoms with Crippen LogP contribution in [0, 0.1) is 6.92 Å². The van der Waals surface area contributed by atoms with Crippen LogP contribution in [-0.2, 0) is 5.75 Å². The maximum atomic E-state index is 13.0. The summed E-state index contributed by atoms with van der Waals surface area (Å²) in [4.78, 5) is 14.3. The average molecular weight is 424 g/mol. The van der Waals surface area contributed by atoms with Gasteiger partial charge in [0.1, 0.15) is 0 Å². The molecule has 0 aliphatic carbocycles. The molecule has 0 unspecified atom stereocenters. The molecule has 0 radical (unpaired) electrons. The van der Waals surface area contributed by atoms with Crippen LogP contribution in [0.15, 0.2) is 114 Å². The van der Waals surface area contributed by atoms with Gasteiger partial charge in [0.2, 0.25) is 0 Å². The molecule has 3 heteroatoms. The monoisotopic (exact) mass is 423 g/mol. The largest absolute Gasteiger partial charge is 0.341 e. The predicted molar refractivity (Wildman–Crippen MR) is 129 cm³/mol. The van der Waals surface area contributed by atoms with Crippen LogP contribution in [0.4, 0.5) is 0 Å². The number of carbonyl (C=O) groups is 1. The van der Waals surface area contributed by atoms with E-state index in [9.17, 15) is 4.79 Å². The van der Waals surface area contributed by atoms with Crippen LogP contribution >= 0.6 is 11.8 Å². The number of thioether (sulfide) groups is 1. The van der Waals surface area contributed by atoms with Gasteiger partial charge in [0.05, 0.1) is 6.04 Å². The van der Waals surface area contributed by atoms with Crippen LogP contribution in [0.3, 0.4) is 0 Å². The first-order chi connectivity index (χ1) is 15.2. The summed E-state index contributed by atoms with van der Waals surface area (Å²) >= 11 is 1.80. The van der Waals surface area contributed by atoms with Gasteiger partial charge in [0.15, 0.2) is 0 Å². The first-order valence-corrected chi connectivity index (χ1v) is 11.4. The van der Waals surface area contributed by atoms with Gasteiger partial charge in [-0.05, 0) is 47.9 Å². The summed E-state index contributed by atoms with van der Waals surface area (Å²) in [5, 5.41) is 3.20. The number of hydrogen-bond donors (Lipinski definition) is 1. The van der Waals surface area contributed by atoms with E-state index in [1.165, 1.54) is 16.0 Å². The highest BCUT2D eigenvalue weighted by Gasteiger charge is 2.17. The van der Waals surface area contributed by atoms with Crippen molar-refractivity contribution in [2.24, 2.45) is 0 Å². The fourth-order valence-electron chi connectivity index (χ4n) is 3.42. The second kappa shape index (κ2) is 10.1. The molecule has 0 aromatic heterocycles. The molecule has 31 heavy (non-hydrogen) atoms. The predicted octanol–water partition coefficient (Wildman–Crippen LogP) is 6.81. The van der Waals surface area contributed by atoms with Crippen LogP contribution in [-0.4, -0.2) is 5.91 Å². The molecular formula is C28H25NOS. The van der Waals surface area contributed by atoms with E-state index in [0.29, 0.717) is 5.56 Å². The molecule has 0 fully saturated rings. The van der Waals surface area contributed by atoms with E-state index in [-0.39, 0.29) is 11.9 Å². The molecule has 0 heterocycles. The smallest absolute Gasteiger partial charge is 0.252 e. The Labute approximate surface area is 188 Å². The SMILES string of the molecule is Cc1ccc(SCc2ccc(C(=O)NC(c3ccccc3)c3ccccc3)cc2)cc1. The molecule has 154 valence electrons. The number of carbonyl (C=O) groups excluding carboxylic acids is 1. The molecule has 4 aromatic rings. The molecule has 1 amide bonds. The van der Waals surface area contributed by atoms with Gasteiger partial charge in [-0.3, -0.25) is 4.79 Å². The summed E-state index contributed by atoms with van der Waals surface area (Å²) in [6, 6.07) is 36.4. The number of nitrogens with one attached hydrogen (secondary N) is 1. The van der Waals surface area contributed by atoms with Gasteiger partial charge < -0.3 is 5.32 Å². The van der Waals surface area contributed by atoms with Gasteiger partial charge in [0, 0.05) is 16.2 Å². The molecule has 0 aliphatic heterocycles. The second-order valence-electron chi connectivity index (χ2n) is 7.53. The molecule has 2 nitrogen and oxygen atoms in total. The lowest BCUT2D eigenvalue weighted by Gasteiger charge is -2.20. The third kappa shape index (κ3) is 5.65. The molecule has 0 spiro atoms. The van der Waals surface area contributed by atoms with Crippen LogP contribution in [0.1, 0.15) is 38.7 Å².